The van der Waals surface area contributed by atoms with Gasteiger partial charge in [0.15, 0.2) is 40.1 Å². The maximum atomic E-state index is 13.3. The van der Waals surface area contributed by atoms with Crippen molar-refractivity contribution in [1.29, 1.82) is 0 Å². The smallest absolute Gasteiger partial charge is 0.192 e. The van der Waals surface area contributed by atoms with Gasteiger partial charge in [-0.3, -0.25) is 9.36 Å². The fourth-order valence-corrected chi connectivity index (χ4v) is 8.66. The predicted molar refractivity (Wildman–Crippen MR) is 271 cm³/mol. The normalized spacial score (nSPS) is 18.2. The third-order valence-corrected chi connectivity index (χ3v) is 21.5. The van der Waals surface area contributed by atoms with Crippen LogP contribution < -0.4 is 5.73 Å². The quantitative estimate of drug-likeness (QED) is 0.0593. The van der Waals surface area contributed by atoms with E-state index in [1.54, 1.807) is 10.9 Å². The zero-order valence-electron chi connectivity index (χ0n) is 44.6. The minimum atomic E-state index is -2.38. The molecule has 2 N–H and O–H groups in total. The first-order valence-electron chi connectivity index (χ1n) is 25.2. The summed E-state index contributed by atoms with van der Waals surface area (Å²) in [6.07, 6.45) is 2.48. The second-order valence-corrected chi connectivity index (χ2v) is 29.7. The van der Waals surface area contributed by atoms with Crippen LogP contribution in [0.2, 0.25) is 36.3 Å². The highest BCUT2D eigenvalue weighted by Crippen LogP contribution is 2.44. The number of aromatic nitrogens is 4. The van der Waals surface area contributed by atoms with Gasteiger partial charge in [-0.05, 0) is 49.1 Å². The number of anilines is 1. The number of nitrogen functional groups attached to an aromatic ring is 1. The van der Waals surface area contributed by atoms with Gasteiger partial charge in [-0.15, -0.1) is 0 Å². The van der Waals surface area contributed by atoms with Crippen LogP contribution in [-0.4, -0.2) is 206 Å². The van der Waals surface area contributed by atoms with Gasteiger partial charge in [-0.25, -0.2) is 15.0 Å². The van der Waals surface area contributed by atoms with Crippen molar-refractivity contribution in [3.63, 3.8) is 0 Å². The highest BCUT2D eigenvalue weighted by Gasteiger charge is 2.53. The molecule has 0 amide bonds. The maximum Gasteiger partial charge on any atom is 0.192 e. The molecule has 1 fully saturated rings. The average molecular weight is 1030 g/mol. The fraction of sp³-hybridized carbons (Fsp3) is 0.875. The van der Waals surface area contributed by atoms with Crippen LogP contribution in [-0.2, 0) is 70.5 Å². The van der Waals surface area contributed by atoms with Gasteiger partial charge in [0, 0.05) is 19.6 Å². The van der Waals surface area contributed by atoms with Gasteiger partial charge in [0.1, 0.15) is 36.8 Å². The number of fused-ring (bicyclic) bond motifs is 1. The van der Waals surface area contributed by atoms with Crippen LogP contribution in [0.4, 0.5) is 5.82 Å². The van der Waals surface area contributed by atoms with Gasteiger partial charge in [0.25, 0.3) is 0 Å². The summed E-state index contributed by atoms with van der Waals surface area (Å²) in [5, 5.41) is -0.106. The van der Waals surface area contributed by atoms with E-state index in [0.29, 0.717) is 156 Å². The van der Waals surface area contributed by atoms with Crippen molar-refractivity contribution in [3.8, 4) is 0 Å². The van der Waals surface area contributed by atoms with E-state index in [9.17, 15) is 4.79 Å². The Morgan fingerprint density at radius 3 is 1.47 bits per heavy atom. The van der Waals surface area contributed by atoms with Crippen molar-refractivity contribution in [2.24, 2.45) is 0 Å². The number of nitrogens with zero attached hydrogens (tertiary/aromatic N) is 4. The number of imidazole rings is 1. The molecule has 0 unspecified atom stereocenters. The van der Waals surface area contributed by atoms with Gasteiger partial charge < -0.3 is 71.4 Å². The predicted octanol–water partition coefficient (Wildman–Crippen LogP) is 6.03. The number of ether oxygens (including phenoxy) is 12. The lowest BCUT2D eigenvalue weighted by atomic mass is 10.1. The molecular weight excluding hydrogens is 943 g/mol. The highest BCUT2D eigenvalue weighted by molar-refractivity contribution is 6.74. The van der Waals surface area contributed by atoms with Crippen LogP contribution in [0.25, 0.3) is 11.2 Å². The number of ketones is 1. The summed E-state index contributed by atoms with van der Waals surface area (Å²) in [7, 11) is -4.54. The maximum absolute atomic E-state index is 13.3. The Kier molecular flexibility index (Phi) is 29.9. The first kappa shape index (κ1) is 62.2. The molecule has 0 spiro atoms. The first-order chi connectivity index (χ1) is 33.4. The molecule has 0 bridgehead atoms. The molecule has 3 heterocycles. The molecule has 3 rings (SSSR count). The molecular formula is C48H91N5O15Si2. The third-order valence-electron chi connectivity index (χ3n) is 12.5. The standard InChI is InChI=1S/C48H91N5O15Si2/c1-12-15-55-17-19-57-21-23-59-25-27-61-29-31-63-33-34-64-32-30-62-28-26-60-24-22-58-20-18-56-16-13-14-39(54)35-65-43-42(68-70(10,11)48(5,6)7)40(36-66-69(8,9)47(2,3)4)67-46(43)53-38-52-41-44(49)50-37-51-45(41)53/h37-38,40,42-43,46H,12-36H2,1-11H3,(H2,49,50,51)/t40-,42-,43-,46-/m1/s1. The van der Waals surface area contributed by atoms with E-state index in [2.05, 4.69) is 89.6 Å². The lowest BCUT2D eigenvalue weighted by Gasteiger charge is -2.41. The summed E-state index contributed by atoms with van der Waals surface area (Å²) >= 11 is 0. The van der Waals surface area contributed by atoms with Crippen molar-refractivity contribution in [1.82, 2.24) is 19.5 Å². The lowest BCUT2D eigenvalue weighted by molar-refractivity contribution is -0.130. The van der Waals surface area contributed by atoms with Crippen LogP contribution >= 0.6 is 0 Å². The molecule has 0 aliphatic carbocycles. The molecule has 1 aliphatic rings. The molecule has 20 nitrogen and oxygen atoms in total. The molecule has 1 aliphatic heterocycles. The van der Waals surface area contributed by atoms with Crippen molar-refractivity contribution in [3.05, 3.63) is 12.7 Å². The molecule has 2 aromatic rings. The number of carbonyl (C=O) groups is 1. The number of nitrogens with two attached hydrogens (primary N) is 1. The van der Waals surface area contributed by atoms with E-state index in [1.807, 2.05) is 0 Å². The monoisotopic (exact) mass is 1030 g/mol. The summed E-state index contributed by atoms with van der Waals surface area (Å²) in [5.74, 6) is 0.211. The number of carbonyl (C=O) groups excluding carboxylic acids is 1. The Morgan fingerprint density at radius 2 is 1.04 bits per heavy atom. The number of hydrogen-bond donors (Lipinski definition) is 1. The number of Topliss-reactive ketones (excluding diaryl/α,β-unsaturated/α-hetero) is 1. The van der Waals surface area contributed by atoms with Gasteiger partial charge in [-0.1, -0.05) is 48.5 Å². The molecule has 70 heavy (non-hydrogen) atoms. The SMILES string of the molecule is CCCOCCOCCOCCOCCOCCOCCOCCOCCOCCOCCCC(=O)CO[C@@H]1[C@H](O[Si](C)(C)C(C)(C)C)[C@@H](CO[Si](C)(C)C(C)(C)C)O[C@H]1n1cnc2c(N)ncnc21. The fourth-order valence-electron chi connectivity index (χ4n) is 6.32. The number of rotatable bonds is 42. The second kappa shape index (κ2) is 33.7. The summed E-state index contributed by atoms with van der Waals surface area (Å²) in [4.78, 5) is 26.4. The molecule has 0 aromatic carbocycles. The Morgan fingerprint density at radius 1 is 0.614 bits per heavy atom. The van der Waals surface area contributed by atoms with Crippen molar-refractivity contribution in [2.75, 3.05) is 151 Å². The van der Waals surface area contributed by atoms with Gasteiger partial charge in [0.2, 0.25) is 0 Å². The third kappa shape index (κ3) is 23.4. The minimum absolute atomic E-state index is 0.00765. The molecule has 2 aromatic heterocycles. The van der Waals surface area contributed by atoms with Gasteiger partial charge in [-0.2, -0.15) is 0 Å². The first-order valence-corrected chi connectivity index (χ1v) is 31.0. The zero-order valence-corrected chi connectivity index (χ0v) is 46.6. The van der Waals surface area contributed by atoms with Crippen molar-refractivity contribution >= 4 is 39.4 Å². The summed E-state index contributed by atoms with van der Waals surface area (Å²) in [6.45, 7) is 34.4. The molecule has 0 radical (unpaired) electrons. The van der Waals surface area contributed by atoms with E-state index in [0.717, 1.165) is 13.0 Å². The van der Waals surface area contributed by atoms with Gasteiger partial charge in [0.05, 0.1) is 132 Å². The van der Waals surface area contributed by atoms with E-state index in [1.165, 1.54) is 6.33 Å². The Bertz CT molecular complexity index is 1680. The van der Waals surface area contributed by atoms with Crippen molar-refractivity contribution in [2.45, 2.75) is 129 Å². The van der Waals surface area contributed by atoms with Crippen LogP contribution in [0.3, 0.4) is 0 Å². The summed E-state index contributed by atoms with van der Waals surface area (Å²) < 4.78 is 84.4. The summed E-state index contributed by atoms with van der Waals surface area (Å²) in [6, 6.07) is 0. The van der Waals surface area contributed by atoms with Crippen molar-refractivity contribution < 1.29 is 70.5 Å². The molecule has 4 atom stereocenters. The Balaban J connectivity index is 1.25. The topological polar surface area (TPSA) is 216 Å². The van der Waals surface area contributed by atoms with E-state index in [4.69, 9.17) is 71.4 Å². The second-order valence-electron chi connectivity index (χ2n) is 20.1. The van der Waals surface area contributed by atoms with Crippen LogP contribution in [0.15, 0.2) is 12.7 Å². The molecule has 406 valence electrons. The van der Waals surface area contributed by atoms with Gasteiger partial charge >= 0.3 is 0 Å². The lowest BCUT2D eigenvalue weighted by Crippen LogP contribution is -2.51. The molecule has 22 heteroatoms. The van der Waals surface area contributed by atoms with E-state index >= 15 is 0 Å². The molecule has 0 saturated carbocycles. The average Bonchev–Trinajstić information content (AvgIpc) is 3.88. The minimum Gasteiger partial charge on any atom is -0.414 e. The van der Waals surface area contributed by atoms with Crippen LogP contribution in [0, 0.1) is 0 Å². The van der Waals surface area contributed by atoms with Crippen LogP contribution in [0.1, 0.15) is 74.0 Å². The number of hydrogen-bond acceptors (Lipinski definition) is 19. The molecule has 1 saturated heterocycles. The van der Waals surface area contributed by atoms with E-state index < -0.39 is 41.2 Å². The highest BCUT2D eigenvalue weighted by atomic mass is 28.4. The Hall–Kier alpha value is -2.11. The van der Waals surface area contributed by atoms with Crippen LogP contribution in [0.5, 0.6) is 0 Å². The Labute approximate surface area is 420 Å². The summed E-state index contributed by atoms with van der Waals surface area (Å²) in [5.41, 5.74) is 7.13. The largest absolute Gasteiger partial charge is 0.414 e. The van der Waals surface area contributed by atoms with E-state index in [-0.39, 0.29) is 28.3 Å². The zero-order chi connectivity index (χ0) is 51.3.